The van der Waals surface area contributed by atoms with Crippen molar-refractivity contribution in [3.8, 4) is 11.5 Å². The molecule has 0 aromatic heterocycles. The SMILES string of the molecule is CC[C@H](C)NC(=O)[C@@H](Cc1ccccc1)N(Cc1ccccc1F)C(=O)CN(c1ccc(OC)c(OC)c1)S(=O)(=O)c1ccc(C)cc1. The van der Waals surface area contributed by atoms with Gasteiger partial charge in [-0.05, 0) is 56.2 Å². The van der Waals surface area contributed by atoms with E-state index in [1.807, 2.05) is 51.1 Å². The molecule has 0 fully saturated rings. The molecule has 0 aliphatic carbocycles. The number of halogens is 1. The Bertz CT molecular complexity index is 1800. The summed E-state index contributed by atoms with van der Waals surface area (Å²) in [6.45, 7) is 4.65. The van der Waals surface area contributed by atoms with Crippen molar-refractivity contribution in [1.82, 2.24) is 10.2 Å². The summed E-state index contributed by atoms with van der Waals surface area (Å²) in [5.74, 6) is -1.07. The number of benzene rings is 4. The number of methoxy groups -OCH3 is 2. The minimum Gasteiger partial charge on any atom is -0.493 e. The average molecular weight is 676 g/mol. The third-order valence-electron chi connectivity index (χ3n) is 8.11. The van der Waals surface area contributed by atoms with Crippen molar-refractivity contribution in [2.45, 2.75) is 57.1 Å². The minimum atomic E-state index is -4.34. The van der Waals surface area contributed by atoms with E-state index in [9.17, 15) is 18.0 Å². The second-order valence-corrected chi connectivity index (χ2v) is 13.4. The molecule has 0 spiro atoms. The van der Waals surface area contributed by atoms with E-state index in [0.717, 1.165) is 15.4 Å². The van der Waals surface area contributed by atoms with Gasteiger partial charge in [-0.25, -0.2) is 12.8 Å². The summed E-state index contributed by atoms with van der Waals surface area (Å²) in [5.41, 5.74) is 1.95. The third-order valence-corrected chi connectivity index (χ3v) is 9.90. The highest BCUT2D eigenvalue weighted by Crippen LogP contribution is 2.34. The second-order valence-electron chi connectivity index (χ2n) is 11.5. The van der Waals surface area contributed by atoms with E-state index in [2.05, 4.69) is 5.32 Å². The Morgan fingerprint density at radius 1 is 0.875 bits per heavy atom. The molecule has 4 rings (SSSR count). The van der Waals surface area contributed by atoms with Crippen molar-refractivity contribution in [3.63, 3.8) is 0 Å². The fraction of sp³-hybridized carbons (Fsp3) is 0.297. The van der Waals surface area contributed by atoms with E-state index in [1.165, 1.54) is 61.6 Å². The van der Waals surface area contributed by atoms with Crippen molar-refractivity contribution in [1.29, 1.82) is 0 Å². The van der Waals surface area contributed by atoms with Crippen molar-refractivity contribution >= 4 is 27.5 Å². The number of hydrogen-bond acceptors (Lipinski definition) is 6. The van der Waals surface area contributed by atoms with Crippen LogP contribution in [-0.4, -0.2) is 58.0 Å². The first-order valence-electron chi connectivity index (χ1n) is 15.7. The van der Waals surface area contributed by atoms with Crippen LogP contribution in [-0.2, 0) is 32.6 Å². The second kappa shape index (κ2) is 16.3. The topological polar surface area (TPSA) is 105 Å². The van der Waals surface area contributed by atoms with Gasteiger partial charge in [-0.2, -0.15) is 0 Å². The molecule has 11 heteroatoms. The Morgan fingerprint density at radius 3 is 2.15 bits per heavy atom. The quantitative estimate of drug-likeness (QED) is 0.168. The molecule has 2 amide bonds. The smallest absolute Gasteiger partial charge is 0.264 e. The van der Waals surface area contributed by atoms with Gasteiger partial charge in [-0.3, -0.25) is 13.9 Å². The largest absolute Gasteiger partial charge is 0.493 e. The van der Waals surface area contributed by atoms with E-state index in [-0.39, 0.29) is 40.9 Å². The summed E-state index contributed by atoms with van der Waals surface area (Å²) in [6.07, 6.45) is 0.761. The van der Waals surface area contributed by atoms with E-state index in [4.69, 9.17) is 9.47 Å². The van der Waals surface area contributed by atoms with Crippen LogP contribution in [0.25, 0.3) is 0 Å². The number of carbonyl (C=O) groups is 2. The lowest BCUT2D eigenvalue weighted by atomic mass is 10.0. The van der Waals surface area contributed by atoms with Crippen LogP contribution in [0.1, 0.15) is 37.0 Å². The van der Waals surface area contributed by atoms with Crippen LogP contribution in [0, 0.1) is 12.7 Å². The normalized spacial score (nSPS) is 12.5. The summed E-state index contributed by atoms with van der Waals surface area (Å²) in [7, 11) is -1.46. The number of ether oxygens (including phenoxy) is 2. The molecule has 0 aliphatic rings. The van der Waals surface area contributed by atoms with Crippen LogP contribution >= 0.6 is 0 Å². The van der Waals surface area contributed by atoms with E-state index < -0.39 is 40.2 Å². The zero-order valence-electron chi connectivity index (χ0n) is 27.9. The van der Waals surface area contributed by atoms with Gasteiger partial charge in [0.15, 0.2) is 11.5 Å². The summed E-state index contributed by atoms with van der Waals surface area (Å²) in [4.78, 5) is 29.8. The Labute approximate surface area is 282 Å². The Morgan fingerprint density at radius 2 is 1.52 bits per heavy atom. The molecule has 0 unspecified atom stereocenters. The number of anilines is 1. The Balaban J connectivity index is 1.86. The lowest BCUT2D eigenvalue weighted by molar-refractivity contribution is -0.140. The third kappa shape index (κ3) is 8.71. The van der Waals surface area contributed by atoms with Gasteiger partial charge < -0.3 is 19.7 Å². The van der Waals surface area contributed by atoms with Gasteiger partial charge in [0.1, 0.15) is 18.4 Å². The van der Waals surface area contributed by atoms with E-state index >= 15 is 4.39 Å². The molecular formula is C37H42FN3O6S. The molecule has 4 aromatic carbocycles. The van der Waals surface area contributed by atoms with Crippen LogP contribution < -0.4 is 19.1 Å². The maximum Gasteiger partial charge on any atom is 0.264 e. The number of nitrogens with zero attached hydrogens (tertiary/aromatic N) is 2. The Hall–Kier alpha value is -4.90. The molecule has 4 aromatic rings. The van der Waals surface area contributed by atoms with Crippen LogP contribution in [0.4, 0.5) is 10.1 Å². The molecule has 0 aliphatic heterocycles. The van der Waals surface area contributed by atoms with Crippen LogP contribution in [0.2, 0.25) is 0 Å². The van der Waals surface area contributed by atoms with Crippen LogP contribution in [0.15, 0.2) is 102 Å². The molecule has 0 saturated carbocycles. The zero-order valence-corrected chi connectivity index (χ0v) is 28.7. The monoisotopic (exact) mass is 675 g/mol. The first-order valence-corrected chi connectivity index (χ1v) is 17.1. The highest BCUT2D eigenvalue weighted by Gasteiger charge is 2.35. The van der Waals surface area contributed by atoms with Gasteiger partial charge in [0.25, 0.3) is 10.0 Å². The van der Waals surface area contributed by atoms with Gasteiger partial charge in [-0.15, -0.1) is 0 Å². The molecule has 2 atom stereocenters. The fourth-order valence-corrected chi connectivity index (χ4v) is 6.56. The van der Waals surface area contributed by atoms with Gasteiger partial charge in [0, 0.05) is 30.6 Å². The maximum atomic E-state index is 15.1. The molecule has 0 saturated heterocycles. The molecular weight excluding hydrogens is 633 g/mol. The maximum absolute atomic E-state index is 15.1. The van der Waals surface area contributed by atoms with Gasteiger partial charge in [0.2, 0.25) is 11.8 Å². The number of nitrogens with one attached hydrogen (secondary N) is 1. The van der Waals surface area contributed by atoms with Crippen molar-refractivity contribution in [2.75, 3.05) is 25.1 Å². The zero-order chi connectivity index (χ0) is 34.8. The highest BCUT2D eigenvalue weighted by atomic mass is 32.2. The van der Waals surface area contributed by atoms with E-state index in [1.54, 1.807) is 24.3 Å². The molecule has 0 radical (unpaired) electrons. The van der Waals surface area contributed by atoms with Crippen molar-refractivity contribution in [3.05, 3.63) is 120 Å². The number of carbonyl (C=O) groups excluding carboxylic acids is 2. The van der Waals surface area contributed by atoms with E-state index in [0.29, 0.717) is 12.2 Å². The van der Waals surface area contributed by atoms with Crippen LogP contribution in [0.3, 0.4) is 0 Å². The molecule has 0 heterocycles. The summed E-state index contributed by atoms with van der Waals surface area (Å²) >= 11 is 0. The number of hydrogen-bond donors (Lipinski definition) is 1. The standard InChI is InChI=1S/C37H42FN3O6S/c1-6-27(3)39-37(43)33(22-28-12-8-7-9-13-28)40(24-29-14-10-11-15-32(29)38)36(42)25-41(30-18-21-34(46-4)35(23-30)47-5)48(44,45)31-19-16-26(2)17-20-31/h7-21,23,27,33H,6,22,24-25H2,1-5H3,(H,39,43)/t27-,33+/m0/s1. The first-order chi connectivity index (χ1) is 23.0. The molecule has 0 bridgehead atoms. The fourth-order valence-electron chi connectivity index (χ4n) is 5.15. The minimum absolute atomic E-state index is 0.0355. The van der Waals surface area contributed by atoms with Crippen molar-refractivity contribution in [2.24, 2.45) is 0 Å². The number of aryl methyl sites for hydroxylation is 1. The number of rotatable bonds is 15. The van der Waals surface area contributed by atoms with Gasteiger partial charge in [-0.1, -0.05) is 73.2 Å². The van der Waals surface area contributed by atoms with Crippen LogP contribution in [0.5, 0.6) is 11.5 Å². The first kappa shape index (κ1) is 35.9. The molecule has 254 valence electrons. The number of amides is 2. The predicted molar refractivity (Wildman–Crippen MR) is 184 cm³/mol. The Kier molecular flexibility index (Phi) is 12.2. The van der Waals surface area contributed by atoms with Gasteiger partial charge in [0.05, 0.1) is 24.8 Å². The predicted octanol–water partition coefficient (Wildman–Crippen LogP) is 5.90. The summed E-state index contributed by atoms with van der Waals surface area (Å²) in [5, 5.41) is 2.97. The highest BCUT2D eigenvalue weighted by molar-refractivity contribution is 7.92. The lowest BCUT2D eigenvalue weighted by Gasteiger charge is -2.34. The summed E-state index contributed by atoms with van der Waals surface area (Å²) in [6, 6.07) is 24.7. The average Bonchev–Trinajstić information content (AvgIpc) is 3.09. The van der Waals surface area contributed by atoms with Crippen molar-refractivity contribution < 1.29 is 31.9 Å². The lowest BCUT2D eigenvalue weighted by Crippen LogP contribution is -2.54. The van der Waals surface area contributed by atoms with Gasteiger partial charge >= 0.3 is 0 Å². The molecule has 9 nitrogen and oxygen atoms in total. The summed E-state index contributed by atoms with van der Waals surface area (Å²) < 4.78 is 55.5. The molecule has 48 heavy (non-hydrogen) atoms. The number of sulfonamides is 1. The molecule has 1 N–H and O–H groups in total.